The van der Waals surface area contributed by atoms with E-state index in [-0.39, 0.29) is 5.56 Å². The van der Waals surface area contributed by atoms with Crippen LogP contribution in [0.2, 0.25) is 0 Å². The standard InChI is InChI=1S/C20H19N3O3S2/c1-12-9-13(22-26-12)11-27-20-21-18-17(15-6-2-3-7-16(15)28-18)19(24)23(20)10-14-5-4-8-25-14/h4-5,8-9H,2-3,6-7,10-11H2,1H3. The predicted octanol–water partition coefficient (Wildman–Crippen LogP) is 4.57. The van der Waals surface area contributed by atoms with E-state index in [9.17, 15) is 4.79 Å². The molecule has 1 aliphatic carbocycles. The lowest BCUT2D eigenvalue weighted by atomic mass is 9.97. The highest BCUT2D eigenvalue weighted by atomic mass is 32.2. The number of nitrogens with zero attached hydrogens (tertiary/aromatic N) is 3. The Bertz CT molecular complexity index is 1190. The van der Waals surface area contributed by atoms with Crippen LogP contribution in [0.1, 0.15) is 40.5 Å². The lowest BCUT2D eigenvalue weighted by molar-refractivity contribution is 0.393. The number of thiophene rings is 1. The van der Waals surface area contributed by atoms with Crippen molar-refractivity contribution >= 4 is 33.3 Å². The molecule has 0 aliphatic heterocycles. The van der Waals surface area contributed by atoms with E-state index in [1.807, 2.05) is 25.1 Å². The normalized spacial score (nSPS) is 13.9. The van der Waals surface area contributed by atoms with Gasteiger partial charge in [0.25, 0.3) is 5.56 Å². The molecule has 0 unspecified atom stereocenters. The first-order chi connectivity index (χ1) is 13.7. The van der Waals surface area contributed by atoms with Crippen LogP contribution in [0, 0.1) is 6.92 Å². The minimum absolute atomic E-state index is 0.0274. The van der Waals surface area contributed by atoms with E-state index < -0.39 is 0 Å². The SMILES string of the molecule is Cc1cc(CSc2nc3sc4c(c3c(=O)n2Cc2ccco2)CCCC4)no1. The number of hydrogen-bond donors (Lipinski definition) is 0. The zero-order chi connectivity index (χ0) is 19.1. The van der Waals surface area contributed by atoms with Gasteiger partial charge < -0.3 is 8.94 Å². The highest BCUT2D eigenvalue weighted by Gasteiger charge is 2.22. The van der Waals surface area contributed by atoms with Crippen molar-refractivity contribution in [2.24, 2.45) is 0 Å². The van der Waals surface area contributed by atoms with Crippen LogP contribution < -0.4 is 5.56 Å². The Hall–Kier alpha value is -2.32. The van der Waals surface area contributed by atoms with Gasteiger partial charge in [0.05, 0.1) is 23.9 Å². The van der Waals surface area contributed by atoms with E-state index in [2.05, 4.69) is 5.16 Å². The number of aromatic nitrogens is 3. The molecule has 8 heteroatoms. The molecule has 0 radical (unpaired) electrons. The van der Waals surface area contributed by atoms with Gasteiger partial charge in [-0.3, -0.25) is 9.36 Å². The fourth-order valence-electron chi connectivity index (χ4n) is 3.65. The second-order valence-corrected chi connectivity index (χ2v) is 9.00. The van der Waals surface area contributed by atoms with Crippen molar-refractivity contribution in [3.63, 3.8) is 0 Å². The van der Waals surface area contributed by atoms with Crippen LogP contribution in [0.15, 0.2) is 43.4 Å². The van der Waals surface area contributed by atoms with Crippen LogP contribution in [0.25, 0.3) is 10.2 Å². The summed E-state index contributed by atoms with van der Waals surface area (Å²) < 4.78 is 12.4. The molecule has 5 rings (SSSR count). The smallest absolute Gasteiger partial charge is 0.263 e. The van der Waals surface area contributed by atoms with Gasteiger partial charge in [0, 0.05) is 16.7 Å². The molecule has 6 nitrogen and oxygen atoms in total. The van der Waals surface area contributed by atoms with E-state index in [4.69, 9.17) is 13.9 Å². The van der Waals surface area contributed by atoms with Crippen molar-refractivity contribution in [2.75, 3.05) is 0 Å². The molecule has 144 valence electrons. The number of hydrogen-bond acceptors (Lipinski definition) is 7. The van der Waals surface area contributed by atoms with Crippen LogP contribution in [-0.2, 0) is 25.1 Å². The fraction of sp³-hybridized carbons (Fsp3) is 0.350. The fourth-order valence-corrected chi connectivity index (χ4v) is 5.83. The molecule has 28 heavy (non-hydrogen) atoms. The van der Waals surface area contributed by atoms with E-state index in [1.54, 1.807) is 22.2 Å². The Labute approximate surface area is 169 Å². The number of rotatable bonds is 5. The van der Waals surface area contributed by atoms with Crippen LogP contribution in [0.3, 0.4) is 0 Å². The summed E-state index contributed by atoms with van der Waals surface area (Å²) in [5.41, 5.74) is 2.08. The minimum atomic E-state index is 0.0274. The lowest BCUT2D eigenvalue weighted by Gasteiger charge is -2.12. The third-order valence-electron chi connectivity index (χ3n) is 4.96. The first-order valence-corrected chi connectivity index (χ1v) is 11.1. The van der Waals surface area contributed by atoms with Gasteiger partial charge in [0.2, 0.25) is 0 Å². The first-order valence-electron chi connectivity index (χ1n) is 9.31. The number of aryl methyl sites for hydroxylation is 3. The third kappa shape index (κ3) is 3.20. The molecule has 4 heterocycles. The maximum absolute atomic E-state index is 13.5. The van der Waals surface area contributed by atoms with E-state index in [0.717, 1.165) is 46.7 Å². The van der Waals surface area contributed by atoms with Crippen LogP contribution in [-0.4, -0.2) is 14.7 Å². The lowest BCUT2D eigenvalue weighted by Crippen LogP contribution is -2.24. The van der Waals surface area contributed by atoms with E-state index >= 15 is 0 Å². The van der Waals surface area contributed by atoms with Gasteiger partial charge in [0.1, 0.15) is 16.4 Å². The average molecular weight is 414 g/mol. The maximum atomic E-state index is 13.5. The second-order valence-electron chi connectivity index (χ2n) is 6.97. The van der Waals surface area contributed by atoms with Crippen molar-refractivity contribution in [3.05, 3.63) is 62.5 Å². The summed E-state index contributed by atoms with van der Waals surface area (Å²) in [6, 6.07) is 5.63. The number of fused-ring (bicyclic) bond motifs is 3. The Morgan fingerprint density at radius 3 is 3.00 bits per heavy atom. The highest BCUT2D eigenvalue weighted by Crippen LogP contribution is 2.35. The molecule has 0 aromatic carbocycles. The quantitative estimate of drug-likeness (QED) is 0.353. The summed E-state index contributed by atoms with van der Waals surface area (Å²) in [4.78, 5) is 20.5. The molecule has 0 atom stereocenters. The van der Waals surface area contributed by atoms with Crippen LogP contribution in [0.5, 0.6) is 0 Å². The van der Waals surface area contributed by atoms with E-state index in [0.29, 0.717) is 17.5 Å². The molecule has 0 bridgehead atoms. The summed E-state index contributed by atoms with van der Waals surface area (Å²) in [7, 11) is 0. The third-order valence-corrected chi connectivity index (χ3v) is 7.16. The molecule has 0 N–H and O–H groups in total. The van der Waals surface area contributed by atoms with Crippen molar-refractivity contribution in [3.8, 4) is 0 Å². The van der Waals surface area contributed by atoms with Gasteiger partial charge in [-0.25, -0.2) is 4.98 Å². The summed E-state index contributed by atoms with van der Waals surface area (Å²) in [5, 5.41) is 5.53. The second kappa shape index (κ2) is 7.25. The van der Waals surface area contributed by atoms with Gasteiger partial charge in [0.15, 0.2) is 5.16 Å². The molecule has 0 spiro atoms. The average Bonchev–Trinajstić information content (AvgIpc) is 3.42. The Balaban J connectivity index is 1.60. The molecule has 4 aromatic rings. The molecule has 0 fully saturated rings. The largest absolute Gasteiger partial charge is 0.467 e. The Morgan fingerprint density at radius 1 is 1.32 bits per heavy atom. The summed E-state index contributed by atoms with van der Waals surface area (Å²) in [6.45, 7) is 2.24. The molecular weight excluding hydrogens is 394 g/mol. The van der Waals surface area contributed by atoms with Crippen LogP contribution in [0.4, 0.5) is 0 Å². The molecular formula is C20H19N3O3S2. The summed E-state index contributed by atoms with van der Waals surface area (Å²) >= 11 is 3.18. The van der Waals surface area contributed by atoms with Crippen molar-refractivity contribution in [1.29, 1.82) is 0 Å². The Morgan fingerprint density at radius 2 is 2.21 bits per heavy atom. The maximum Gasteiger partial charge on any atom is 0.263 e. The minimum Gasteiger partial charge on any atom is -0.467 e. The number of furan rings is 1. The molecule has 0 saturated heterocycles. The van der Waals surface area contributed by atoms with Gasteiger partial charge in [-0.2, -0.15) is 0 Å². The predicted molar refractivity (Wildman–Crippen MR) is 109 cm³/mol. The summed E-state index contributed by atoms with van der Waals surface area (Å²) in [5.74, 6) is 2.11. The van der Waals surface area contributed by atoms with Gasteiger partial charge in [-0.1, -0.05) is 16.9 Å². The topological polar surface area (TPSA) is 74.1 Å². The molecule has 4 aromatic heterocycles. The first kappa shape index (κ1) is 17.8. The number of thioether (sulfide) groups is 1. The summed E-state index contributed by atoms with van der Waals surface area (Å²) in [6.07, 6.45) is 5.97. The van der Waals surface area contributed by atoms with E-state index in [1.165, 1.54) is 28.6 Å². The van der Waals surface area contributed by atoms with Crippen molar-refractivity contribution in [1.82, 2.24) is 14.7 Å². The highest BCUT2D eigenvalue weighted by molar-refractivity contribution is 7.98. The molecule has 0 amide bonds. The van der Waals surface area contributed by atoms with Gasteiger partial charge in [-0.15, -0.1) is 11.3 Å². The van der Waals surface area contributed by atoms with Crippen molar-refractivity contribution in [2.45, 2.75) is 50.1 Å². The van der Waals surface area contributed by atoms with Crippen molar-refractivity contribution < 1.29 is 8.94 Å². The monoisotopic (exact) mass is 413 g/mol. The van der Waals surface area contributed by atoms with Gasteiger partial charge in [-0.05, 0) is 50.3 Å². The zero-order valence-corrected chi connectivity index (χ0v) is 17.1. The molecule has 0 saturated carbocycles. The van der Waals surface area contributed by atoms with Gasteiger partial charge >= 0.3 is 0 Å². The zero-order valence-electron chi connectivity index (χ0n) is 15.4. The van der Waals surface area contributed by atoms with Crippen LogP contribution >= 0.6 is 23.1 Å². The molecule has 1 aliphatic rings. The Kier molecular flexibility index (Phi) is 4.60.